The zero-order valence-corrected chi connectivity index (χ0v) is 17.4. The average Bonchev–Trinajstić information content (AvgIpc) is 2.97. The highest BCUT2D eigenvalue weighted by atomic mass is 79.9. The van der Waals surface area contributed by atoms with Crippen molar-refractivity contribution in [2.75, 3.05) is 0 Å². The number of fused-ring (bicyclic) bond motifs is 1. The monoisotopic (exact) mass is 448 g/mol. The zero-order valence-electron chi connectivity index (χ0n) is 15.9. The predicted molar refractivity (Wildman–Crippen MR) is 114 cm³/mol. The van der Waals surface area contributed by atoms with Gasteiger partial charge in [-0.05, 0) is 65.2 Å². The number of ketones is 1. The lowest BCUT2D eigenvalue weighted by Crippen LogP contribution is -2.09. The molecule has 29 heavy (non-hydrogen) atoms. The van der Waals surface area contributed by atoms with E-state index >= 15 is 0 Å². The first kappa shape index (κ1) is 19.2. The minimum Gasteiger partial charge on any atom is -0.452 e. The summed E-state index contributed by atoms with van der Waals surface area (Å²) >= 11 is 3.35. The van der Waals surface area contributed by atoms with Crippen LogP contribution in [0.1, 0.15) is 37.4 Å². The van der Waals surface area contributed by atoms with Crippen LogP contribution in [0.3, 0.4) is 0 Å². The molecule has 0 aliphatic carbocycles. The lowest BCUT2D eigenvalue weighted by atomic mass is 10.0. The Balaban J connectivity index is 1.63. The van der Waals surface area contributed by atoms with E-state index in [-0.39, 0.29) is 11.5 Å². The molecule has 0 spiro atoms. The van der Waals surface area contributed by atoms with Gasteiger partial charge in [-0.2, -0.15) is 0 Å². The first-order chi connectivity index (χ1) is 13.9. The van der Waals surface area contributed by atoms with Crippen molar-refractivity contribution in [2.45, 2.75) is 13.8 Å². The van der Waals surface area contributed by atoms with Gasteiger partial charge in [-0.15, -0.1) is 0 Å². The summed E-state index contributed by atoms with van der Waals surface area (Å²) in [6.45, 7) is 3.79. The summed E-state index contributed by atoms with van der Waals surface area (Å²) in [6, 6.07) is 18.1. The van der Waals surface area contributed by atoms with E-state index in [1.54, 1.807) is 43.3 Å². The van der Waals surface area contributed by atoms with E-state index in [4.69, 9.17) is 9.47 Å². The van der Waals surface area contributed by atoms with Crippen molar-refractivity contribution in [3.63, 3.8) is 0 Å². The molecule has 5 heteroatoms. The zero-order chi connectivity index (χ0) is 20.5. The smallest absolute Gasteiger partial charge is 0.344 e. The van der Waals surface area contributed by atoms with E-state index in [0.717, 1.165) is 11.1 Å². The number of rotatable bonds is 3. The number of hydrogen-bond acceptors (Lipinski definition) is 4. The summed E-state index contributed by atoms with van der Waals surface area (Å²) in [6.07, 6.45) is 1.72. The van der Waals surface area contributed by atoms with Gasteiger partial charge >= 0.3 is 5.97 Å². The van der Waals surface area contributed by atoms with Crippen molar-refractivity contribution < 1.29 is 19.1 Å². The molecule has 0 radical (unpaired) electrons. The van der Waals surface area contributed by atoms with Crippen LogP contribution in [0.4, 0.5) is 0 Å². The van der Waals surface area contributed by atoms with Gasteiger partial charge in [-0.25, -0.2) is 4.79 Å². The summed E-state index contributed by atoms with van der Waals surface area (Å²) in [7, 11) is 0. The summed E-state index contributed by atoms with van der Waals surface area (Å²) in [4.78, 5) is 25.3. The van der Waals surface area contributed by atoms with Crippen molar-refractivity contribution in [1.29, 1.82) is 0 Å². The van der Waals surface area contributed by atoms with Crippen molar-refractivity contribution >= 4 is 33.8 Å². The second kappa shape index (κ2) is 7.68. The van der Waals surface area contributed by atoms with Crippen LogP contribution in [0.15, 0.2) is 70.9 Å². The number of hydrogen-bond donors (Lipinski definition) is 0. The Bertz CT molecular complexity index is 1180. The minimum absolute atomic E-state index is 0.178. The number of carbonyl (C=O) groups excluding carboxylic acids is 2. The molecule has 0 N–H and O–H groups in total. The van der Waals surface area contributed by atoms with Gasteiger partial charge < -0.3 is 9.47 Å². The molecule has 1 aliphatic heterocycles. The highest BCUT2D eigenvalue weighted by Gasteiger charge is 2.30. The van der Waals surface area contributed by atoms with E-state index in [9.17, 15) is 9.59 Å². The van der Waals surface area contributed by atoms with E-state index in [1.165, 1.54) is 0 Å². The van der Waals surface area contributed by atoms with Crippen LogP contribution in [0.2, 0.25) is 0 Å². The molecule has 0 fully saturated rings. The number of Topliss-reactive ketones (excluding diaryl/α,β-unsaturated/α-hetero) is 1. The summed E-state index contributed by atoms with van der Waals surface area (Å²) < 4.78 is 12.0. The lowest BCUT2D eigenvalue weighted by molar-refractivity contribution is 0.0733. The molecule has 0 unspecified atom stereocenters. The molecule has 0 aromatic heterocycles. The number of carbonyl (C=O) groups is 2. The molecule has 3 aromatic carbocycles. The first-order valence-corrected chi connectivity index (χ1v) is 9.84. The Morgan fingerprint density at radius 1 is 1.03 bits per heavy atom. The Hall–Kier alpha value is -3.18. The van der Waals surface area contributed by atoms with Crippen molar-refractivity contribution in [1.82, 2.24) is 0 Å². The number of aryl methyl sites for hydroxylation is 2. The normalized spacial score (nSPS) is 13.9. The molecule has 144 valence electrons. The highest BCUT2D eigenvalue weighted by molar-refractivity contribution is 9.10. The third-order valence-electron chi connectivity index (χ3n) is 4.59. The van der Waals surface area contributed by atoms with Gasteiger partial charge in [0.1, 0.15) is 11.5 Å². The molecule has 3 aromatic rings. The van der Waals surface area contributed by atoms with Gasteiger partial charge in [0.25, 0.3) is 0 Å². The first-order valence-electron chi connectivity index (χ1n) is 9.04. The lowest BCUT2D eigenvalue weighted by Gasteiger charge is -2.08. The molecule has 0 saturated carbocycles. The minimum atomic E-state index is -0.489. The summed E-state index contributed by atoms with van der Waals surface area (Å²) in [5.74, 6) is 0.304. The number of allylic oxidation sites excluding steroid dienone is 1. The Labute approximate surface area is 176 Å². The Morgan fingerprint density at radius 3 is 2.59 bits per heavy atom. The van der Waals surface area contributed by atoms with Gasteiger partial charge in [0, 0.05) is 10.5 Å². The fourth-order valence-corrected chi connectivity index (χ4v) is 3.68. The van der Waals surface area contributed by atoms with Crippen LogP contribution in [-0.4, -0.2) is 11.8 Å². The quantitative estimate of drug-likeness (QED) is 0.284. The maximum absolute atomic E-state index is 12.8. The standard InChI is InChI=1S/C24H17BrO4/c1-14-6-5-7-16(10-14)12-21-23(26)22-15(2)11-17(13-20(22)29-21)28-24(27)18-8-3-4-9-19(18)25/h3-13H,1-2H3/b21-12-. The van der Waals surface area contributed by atoms with Crippen molar-refractivity contribution in [3.05, 3.63) is 98.7 Å². The third-order valence-corrected chi connectivity index (χ3v) is 5.28. The molecular weight excluding hydrogens is 432 g/mol. The molecule has 0 atom stereocenters. The second-order valence-electron chi connectivity index (χ2n) is 6.84. The highest BCUT2D eigenvalue weighted by Crippen LogP contribution is 2.38. The van der Waals surface area contributed by atoms with Crippen LogP contribution in [0.5, 0.6) is 11.5 Å². The molecule has 0 bridgehead atoms. The predicted octanol–water partition coefficient (Wildman–Crippen LogP) is 5.90. The van der Waals surface area contributed by atoms with E-state index in [1.807, 2.05) is 37.3 Å². The molecule has 4 rings (SSSR count). The van der Waals surface area contributed by atoms with Crippen LogP contribution in [0.25, 0.3) is 6.08 Å². The summed E-state index contributed by atoms with van der Waals surface area (Å²) in [5.41, 5.74) is 3.58. The molecule has 0 saturated heterocycles. The van der Waals surface area contributed by atoms with Crippen LogP contribution >= 0.6 is 15.9 Å². The number of benzene rings is 3. The third kappa shape index (κ3) is 3.87. The van der Waals surface area contributed by atoms with Gasteiger partial charge in [0.15, 0.2) is 5.76 Å². The van der Waals surface area contributed by atoms with Gasteiger partial charge in [-0.1, -0.05) is 42.0 Å². The topological polar surface area (TPSA) is 52.6 Å². The van der Waals surface area contributed by atoms with Gasteiger partial charge in [-0.3, -0.25) is 4.79 Å². The van der Waals surface area contributed by atoms with E-state index in [2.05, 4.69) is 15.9 Å². The number of esters is 1. The Morgan fingerprint density at radius 2 is 1.83 bits per heavy atom. The van der Waals surface area contributed by atoms with Crippen LogP contribution in [-0.2, 0) is 0 Å². The maximum atomic E-state index is 12.8. The maximum Gasteiger partial charge on any atom is 0.344 e. The van der Waals surface area contributed by atoms with Gasteiger partial charge in [0.05, 0.1) is 11.1 Å². The van der Waals surface area contributed by atoms with Crippen molar-refractivity contribution in [3.8, 4) is 11.5 Å². The van der Waals surface area contributed by atoms with Gasteiger partial charge in [0.2, 0.25) is 5.78 Å². The fourth-order valence-electron chi connectivity index (χ4n) is 3.24. The van der Waals surface area contributed by atoms with Crippen LogP contribution in [0, 0.1) is 13.8 Å². The molecular formula is C24H17BrO4. The average molecular weight is 449 g/mol. The van der Waals surface area contributed by atoms with Crippen LogP contribution < -0.4 is 9.47 Å². The molecule has 4 nitrogen and oxygen atoms in total. The Kier molecular flexibility index (Phi) is 5.07. The molecule has 1 heterocycles. The SMILES string of the molecule is Cc1cccc(/C=C2\Oc3cc(OC(=O)c4ccccc4Br)cc(C)c3C2=O)c1. The largest absolute Gasteiger partial charge is 0.452 e. The number of halogens is 1. The van der Waals surface area contributed by atoms with E-state index in [0.29, 0.717) is 32.7 Å². The molecule has 1 aliphatic rings. The summed E-state index contributed by atoms with van der Waals surface area (Å²) in [5, 5.41) is 0. The van der Waals surface area contributed by atoms with E-state index < -0.39 is 5.97 Å². The molecule has 0 amide bonds. The number of ether oxygens (including phenoxy) is 2. The fraction of sp³-hybridized carbons (Fsp3) is 0.0833. The second-order valence-corrected chi connectivity index (χ2v) is 7.69. The van der Waals surface area contributed by atoms with Crippen molar-refractivity contribution in [2.24, 2.45) is 0 Å².